The number of ether oxygens (including phenoxy) is 1. The molecule has 0 bridgehead atoms. The lowest BCUT2D eigenvalue weighted by molar-refractivity contribution is -0.139. The van der Waals surface area contributed by atoms with Crippen LogP contribution in [0, 0.1) is 0 Å². The number of nitrogens with zero attached hydrogens (tertiary/aromatic N) is 1. The number of hydrogen-bond donors (Lipinski definition) is 2. The molecule has 0 saturated heterocycles. The monoisotopic (exact) mass is 279 g/mol. The highest BCUT2D eigenvalue weighted by atomic mass is 16.5. The predicted octanol–water partition coefficient (Wildman–Crippen LogP) is 1.26. The highest BCUT2D eigenvalue weighted by molar-refractivity contribution is 5.94. The molecule has 0 aliphatic carbocycles. The van der Waals surface area contributed by atoms with Gasteiger partial charge in [0.1, 0.15) is 0 Å². The molecule has 110 valence electrons. The fourth-order valence-electron chi connectivity index (χ4n) is 1.87. The lowest BCUT2D eigenvalue weighted by atomic mass is 10.2. The quantitative estimate of drug-likeness (QED) is 0.624. The Morgan fingerprint density at radius 3 is 2.10 bits per heavy atom. The van der Waals surface area contributed by atoms with E-state index in [1.165, 1.54) is 12.1 Å². The largest absolute Gasteiger partial charge is 0.449 e. The van der Waals surface area contributed by atoms with Crippen molar-refractivity contribution < 1.29 is 14.3 Å². The van der Waals surface area contributed by atoms with E-state index in [4.69, 9.17) is 16.2 Å². The van der Waals surface area contributed by atoms with Crippen LogP contribution in [0.4, 0.5) is 11.4 Å². The minimum atomic E-state index is -0.843. The van der Waals surface area contributed by atoms with Crippen LogP contribution < -0.4 is 11.5 Å². The number of likely N-dealkylation sites (N-methyl/N-ethyl adjacent to an activating group) is 1. The second kappa shape index (κ2) is 6.79. The third-order valence-electron chi connectivity index (χ3n) is 2.92. The van der Waals surface area contributed by atoms with Gasteiger partial charge in [-0.25, -0.2) is 4.79 Å². The summed E-state index contributed by atoms with van der Waals surface area (Å²) in [6, 6.07) is 4.47. The summed E-state index contributed by atoms with van der Waals surface area (Å²) in [5.74, 6) is -0.836. The number of anilines is 2. The summed E-state index contributed by atoms with van der Waals surface area (Å²) in [6.45, 7) is 6.43. The first-order chi connectivity index (χ1) is 9.38. The molecule has 0 radical (unpaired) electrons. The van der Waals surface area contributed by atoms with Gasteiger partial charge in [-0.15, -0.1) is 0 Å². The molecule has 0 aliphatic rings. The SMILES string of the molecule is CCN(CC)C(=O)C(C)OC(=O)c1cc(N)cc(N)c1. The Labute approximate surface area is 118 Å². The van der Waals surface area contributed by atoms with Crippen LogP contribution in [0.5, 0.6) is 0 Å². The van der Waals surface area contributed by atoms with Crippen molar-refractivity contribution in [3.8, 4) is 0 Å². The summed E-state index contributed by atoms with van der Waals surface area (Å²) in [6.07, 6.45) is -0.843. The molecule has 1 atom stereocenters. The zero-order valence-corrected chi connectivity index (χ0v) is 12.1. The van der Waals surface area contributed by atoms with Crippen molar-refractivity contribution >= 4 is 23.3 Å². The van der Waals surface area contributed by atoms with E-state index in [1.54, 1.807) is 17.9 Å². The molecule has 1 amide bonds. The normalized spacial score (nSPS) is 11.8. The van der Waals surface area contributed by atoms with E-state index < -0.39 is 12.1 Å². The zero-order chi connectivity index (χ0) is 15.3. The van der Waals surface area contributed by atoms with Crippen molar-refractivity contribution in [1.82, 2.24) is 4.90 Å². The third-order valence-corrected chi connectivity index (χ3v) is 2.92. The van der Waals surface area contributed by atoms with Crippen molar-refractivity contribution in [3.63, 3.8) is 0 Å². The van der Waals surface area contributed by atoms with Crippen molar-refractivity contribution in [2.24, 2.45) is 0 Å². The molecule has 0 fully saturated rings. The molecule has 6 nitrogen and oxygen atoms in total. The van der Waals surface area contributed by atoms with Crippen LogP contribution in [0.2, 0.25) is 0 Å². The molecule has 0 aromatic heterocycles. The number of nitrogen functional groups attached to an aromatic ring is 2. The van der Waals surface area contributed by atoms with Gasteiger partial charge in [0.05, 0.1) is 5.56 Å². The van der Waals surface area contributed by atoms with Gasteiger partial charge in [0, 0.05) is 24.5 Å². The van der Waals surface area contributed by atoms with E-state index >= 15 is 0 Å². The number of carbonyl (C=O) groups excluding carboxylic acids is 2. The molecular formula is C14H21N3O3. The fraction of sp³-hybridized carbons (Fsp3) is 0.429. The maximum atomic E-state index is 12.0. The van der Waals surface area contributed by atoms with Gasteiger partial charge in [-0.2, -0.15) is 0 Å². The van der Waals surface area contributed by atoms with E-state index in [-0.39, 0.29) is 11.5 Å². The van der Waals surface area contributed by atoms with E-state index in [1.807, 2.05) is 13.8 Å². The van der Waals surface area contributed by atoms with Crippen molar-refractivity contribution in [1.29, 1.82) is 0 Å². The van der Waals surface area contributed by atoms with Crippen LogP contribution in [-0.2, 0) is 9.53 Å². The minimum Gasteiger partial charge on any atom is -0.449 e. The van der Waals surface area contributed by atoms with Crippen molar-refractivity contribution in [2.45, 2.75) is 26.9 Å². The van der Waals surface area contributed by atoms with Gasteiger partial charge in [-0.1, -0.05) is 0 Å². The van der Waals surface area contributed by atoms with Crippen molar-refractivity contribution in [2.75, 3.05) is 24.6 Å². The molecular weight excluding hydrogens is 258 g/mol. The van der Waals surface area contributed by atoms with Gasteiger partial charge in [0.25, 0.3) is 5.91 Å². The van der Waals surface area contributed by atoms with Crippen LogP contribution in [-0.4, -0.2) is 36.0 Å². The Morgan fingerprint density at radius 1 is 1.15 bits per heavy atom. The Balaban J connectivity index is 2.77. The lowest BCUT2D eigenvalue weighted by Crippen LogP contribution is -2.39. The summed E-state index contributed by atoms with van der Waals surface area (Å²) in [7, 11) is 0. The number of rotatable bonds is 5. The first-order valence-corrected chi connectivity index (χ1v) is 6.54. The standard InChI is InChI=1S/C14H21N3O3/c1-4-17(5-2)13(18)9(3)20-14(19)10-6-11(15)8-12(16)7-10/h6-9H,4-5,15-16H2,1-3H3. The summed E-state index contributed by atoms with van der Waals surface area (Å²) in [5, 5.41) is 0. The van der Waals surface area contributed by atoms with Crippen LogP contribution in [0.25, 0.3) is 0 Å². The third kappa shape index (κ3) is 3.88. The fourth-order valence-corrected chi connectivity index (χ4v) is 1.87. The van der Waals surface area contributed by atoms with E-state index in [9.17, 15) is 9.59 Å². The molecule has 0 aliphatic heterocycles. The summed E-state index contributed by atoms with van der Waals surface area (Å²) in [5.41, 5.74) is 12.2. The van der Waals surface area contributed by atoms with Gasteiger partial charge in [-0.3, -0.25) is 4.79 Å². The predicted molar refractivity (Wildman–Crippen MR) is 78.1 cm³/mol. The Bertz CT molecular complexity index is 478. The first-order valence-electron chi connectivity index (χ1n) is 6.54. The molecule has 0 heterocycles. The molecule has 6 heteroatoms. The Morgan fingerprint density at radius 2 is 1.65 bits per heavy atom. The van der Waals surface area contributed by atoms with Crippen LogP contribution >= 0.6 is 0 Å². The van der Waals surface area contributed by atoms with Gasteiger partial charge >= 0.3 is 5.97 Å². The van der Waals surface area contributed by atoms with Gasteiger partial charge in [0.2, 0.25) is 0 Å². The number of esters is 1. The lowest BCUT2D eigenvalue weighted by Gasteiger charge is -2.22. The van der Waals surface area contributed by atoms with E-state index in [2.05, 4.69) is 0 Å². The van der Waals surface area contributed by atoms with E-state index in [0.717, 1.165) is 0 Å². The second-order valence-corrected chi connectivity index (χ2v) is 4.45. The maximum absolute atomic E-state index is 12.0. The average Bonchev–Trinajstić information content (AvgIpc) is 2.38. The molecule has 1 aromatic carbocycles. The van der Waals surface area contributed by atoms with Crippen molar-refractivity contribution in [3.05, 3.63) is 23.8 Å². The number of benzene rings is 1. The van der Waals surface area contributed by atoms with Crippen LogP contribution in [0.1, 0.15) is 31.1 Å². The average molecular weight is 279 g/mol. The number of carbonyl (C=O) groups is 2. The molecule has 1 aromatic rings. The molecule has 0 saturated carbocycles. The maximum Gasteiger partial charge on any atom is 0.339 e. The van der Waals surface area contributed by atoms with E-state index in [0.29, 0.717) is 24.5 Å². The zero-order valence-electron chi connectivity index (χ0n) is 12.1. The topological polar surface area (TPSA) is 98.6 Å². The van der Waals surface area contributed by atoms with Crippen LogP contribution in [0.3, 0.4) is 0 Å². The minimum absolute atomic E-state index is 0.222. The Hall–Kier alpha value is -2.24. The summed E-state index contributed by atoms with van der Waals surface area (Å²) < 4.78 is 5.15. The molecule has 0 spiro atoms. The highest BCUT2D eigenvalue weighted by Crippen LogP contribution is 2.15. The number of nitrogens with two attached hydrogens (primary N) is 2. The Kier molecular flexibility index (Phi) is 5.37. The highest BCUT2D eigenvalue weighted by Gasteiger charge is 2.22. The van der Waals surface area contributed by atoms with Gasteiger partial charge in [-0.05, 0) is 39.0 Å². The molecule has 1 unspecified atom stereocenters. The second-order valence-electron chi connectivity index (χ2n) is 4.45. The summed E-state index contributed by atoms with van der Waals surface area (Å²) in [4.78, 5) is 25.6. The van der Waals surface area contributed by atoms with Gasteiger partial charge < -0.3 is 21.1 Å². The number of amides is 1. The first kappa shape index (κ1) is 15.8. The molecule has 4 N–H and O–H groups in total. The summed E-state index contributed by atoms with van der Waals surface area (Å²) >= 11 is 0. The smallest absolute Gasteiger partial charge is 0.339 e. The molecule has 20 heavy (non-hydrogen) atoms. The van der Waals surface area contributed by atoms with Gasteiger partial charge in [0.15, 0.2) is 6.10 Å². The molecule has 1 rings (SSSR count). The van der Waals surface area contributed by atoms with Crippen LogP contribution in [0.15, 0.2) is 18.2 Å². The number of hydrogen-bond acceptors (Lipinski definition) is 5.